The van der Waals surface area contributed by atoms with Crippen LogP contribution in [0.1, 0.15) is 6.92 Å². The van der Waals surface area contributed by atoms with Gasteiger partial charge in [-0.15, -0.1) is 5.92 Å². The van der Waals surface area contributed by atoms with Crippen molar-refractivity contribution in [2.24, 2.45) is 0 Å². The Balaban J connectivity index is 2.69. The van der Waals surface area contributed by atoms with Crippen LogP contribution in [-0.2, 0) is 0 Å². The van der Waals surface area contributed by atoms with Gasteiger partial charge in [0.15, 0.2) is 0 Å². The summed E-state index contributed by atoms with van der Waals surface area (Å²) in [5.41, 5.74) is 0. The van der Waals surface area contributed by atoms with E-state index in [1.165, 1.54) is 0 Å². The fourth-order valence-electron chi connectivity index (χ4n) is 0.753. The molecule has 3 heteroatoms. The van der Waals surface area contributed by atoms with Gasteiger partial charge < -0.3 is 4.74 Å². The zero-order valence-electron chi connectivity index (χ0n) is 7.03. The van der Waals surface area contributed by atoms with Crippen LogP contribution in [0.15, 0.2) is 12.1 Å². The zero-order chi connectivity index (χ0) is 9.68. The molecule has 0 saturated heterocycles. The molecule has 0 unspecified atom stereocenters. The van der Waals surface area contributed by atoms with E-state index in [1.54, 1.807) is 6.92 Å². The van der Waals surface area contributed by atoms with Crippen LogP contribution in [0.4, 0.5) is 8.78 Å². The van der Waals surface area contributed by atoms with Gasteiger partial charge >= 0.3 is 0 Å². The van der Waals surface area contributed by atoms with E-state index in [2.05, 4.69) is 11.8 Å². The molecule has 0 heterocycles. The van der Waals surface area contributed by atoms with Gasteiger partial charge in [-0.2, -0.15) is 0 Å². The van der Waals surface area contributed by atoms with E-state index >= 15 is 0 Å². The van der Waals surface area contributed by atoms with Crippen LogP contribution in [0, 0.1) is 29.5 Å². The van der Waals surface area contributed by atoms with Crippen LogP contribution in [0.3, 0.4) is 0 Å². The lowest BCUT2D eigenvalue weighted by atomic mass is 10.3. The summed E-state index contributed by atoms with van der Waals surface area (Å²) in [7, 11) is 0. The van der Waals surface area contributed by atoms with Gasteiger partial charge in [0.1, 0.15) is 24.0 Å². The minimum atomic E-state index is -0.778. The average molecular weight is 181 g/mol. The van der Waals surface area contributed by atoms with Gasteiger partial charge in [-0.25, -0.2) is 8.78 Å². The van der Waals surface area contributed by atoms with Crippen molar-refractivity contribution < 1.29 is 13.5 Å². The first kappa shape index (κ1) is 9.53. The Hall–Kier alpha value is -1.56. The normalized spacial score (nSPS) is 8.85. The summed E-state index contributed by atoms with van der Waals surface area (Å²) in [5.74, 6) is 3.77. The van der Waals surface area contributed by atoms with Crippen molar-refractivity contribution in [3.63, 3.8) is 0 Å². The third-order valence-electron chi connectivity index (χ3n) is 1.26. The first-order valence-corrected chi connectivity index (χ1v) is 3.63. The van der Waals surface area contributed by atoms with Gasteiger partial charge in [-0.05, 0) is 6.92 Å². The molecule has 13 heavy (non-hydrogen) atoms. The van der Waals surface area contributed by atoms with Crippen molar-refractivity contribution >= 4 is 0 Å². The number of benzene rings is 1. The van der Waals surface area contributed by atoms with Gasteiger partial charge in [0.25, 0.3) is 0 Å². The van der Waals surface area contributed by atoms with E-state index in [0.717, 1.165) is 12.1 Å². The fraction of sp³-hybridized carbons (Fsp3) is 0.200. The Kier molecular flexibility index (Phi) is 3.27. The van der Waals surface area contributed by atoms with Crippen molar-refractivity contribution in [1.82, 2.24) is 0 Å². The quantitative estimate of drug-likeness (QED) is 0.635. The highest BCUT2D eigenvalue weighted by Crippen LogP contribution is 2.14. The minimum absolute atomic E-state index is 0.122. The maximum Gasteiger partial charge on any atom is 0.149 e. The van der Waals surface area contributed by atoms with E-state index in [-0.39, 0.29) is 12.4 Å². The van der Waals surface area contributed by atoms with Crippen LogP contribution in [0.5, 0.6) is 5.75 Å². The van der Waals surface area contributed by atoms with E-state index in [0.29, 0.717) is 0 Å². The molecule has 0 aromatic heterocycles. The monoisotopic (exact) mass is 181 g/mol. The summed E-state index contributed by atoms with van der Waals surface area (Å²) in [5, 5.41) is 0. The molecule has 67 valence electrons. The summed E-state index contributed by atoms with van der Waals surface area (Å²) < 4.78 is 30.0. The number of ether oxygens (including phenoxy) is 1. The molecule has 1 nitrogen and oxygen atoms in total. The smallest absolute Gasteiger partial charge is 0.149 e. The third kappa shape index (κ3) is 3.12. The van der Waals surface area contributed by atoms with Gasteiger partial charge in [-0.1, -0.05) is 5.92 Å². The second-order valence-electron chi connectivity index (χ2n) is 2.23. The van der Waals surface area contributed by atoms with Crippen molar-refractivity contribution in [1.29, 1.82) is 0 Å². The average Bonchev–Trinajstić information content (AvgIpc) is 2.03. The minimum Gasteiger partial charge on any atom is -0.481 e. The molecule has 0 aliphatic heterocycles. The Morgan fingerprint density at radius 3 is 2.54 bits per heavy atom. The topological polar surface area (TPSA) is 9.23 Å². The van der Waals surface area contributed by atoms with Crippen LogP contribution in [0.2, 0.25) is 0 Å². The van der Waals surface area contributed by atoms with Crippen molar-refractivity contribution in [2.45, 2.75) is 6.92 Å². The largest absolute Gasteiger partial charge is 0.481 e. The molecule has 0 spiro atoms. The molecule has 1 rings (SSSR count). The van der Waals surface area contributed by atoms with E-state index in [1.807, 2.05) is 6.07 Å². The number of rotatable bonds is 2. The van der Waals surface area contributed by atoms with Crippen molar-refractivity contribution in [3.8, 4) is 17.6 Å². The maximum absolute atomic E-state index is 12.5. The number of hydrogen-bond acceptors (Lipinski definition) is 1. The van der Waals surface area contributed by atoms with Gasteiger partial charge in [0.05, 0.1) is 6.07 Å². The Morgan fingerprint density at radius 1 is 1.38 bits per heavy atom. The molecule has 0 aliphatic rings. The predicted octanol–water partition coefficient (Wildman–Crippen LogP) is 2.17. The summed E-state index contributed by atoms with van der Waals surface area (Å²) in [6.45, 7) is 1.78. The Bertz CT molecular complexity index is 329. The Labute approximate surface area is 75.3 Å². The maximum atomic E-state index is 12.5. The second kappa shape index (κ2) is 4.46. The molecule has 1 radical (unpaired) electrons. The zero-order valence-corrected chi connectivity index (χ0v) is 7.03. The fourth-order valence-corrected chi connectivity index (χ4v) is 0.753. The summed E-state index contributed by atoms with van der Waals surface area (Å²) in [6.07, 6.45) is 0. The molecular weight excluding hydrogens is 174 g/mol. The highest BCUT2D eigenvalue weighted by molar-refractivity contribution is 5.23. The summed E-state index contributed by atoms with van der Waals surface area (Å²) in [4.78, 5) is 0. The van der Waals surface area contributed by atoms with Crippen LogP contribution in [0.25, 0.3) is 0 Å². The molecule has 0 N–H and O–H groups in total. The van der Waals surface area contributed by atoms with Crippen LogP contribution in [-0.4, -0.2) is 6.61 Å². The molecule has 0 atom stereocenters. The van der Waals surface area contributed by atoms with Crippen LogP contribution < -0.4 is 4.74 Å². The Morgan fingerprint density at radius 2 is 2.00 bits per heavy atom. The first-order chi connectivity index (χ1) is 6.22. The highest BCUT2D eigenvalue weighted by atomic mass is 19.1. The second-order valence-corrected chi connectivity index (χ2v) is 2.23. The van der Waals surface area contributed by atoms with Gasteiger partial charge in [0.2, 0.25) is 0 Å². The lowest BCUT2D eigenvalue weighted by Crippen LogP contribution is -1.95. The first-order valence-electron chi connectivity index (χ1n) is 3.63. The molecule has 0 fully saturated rings. The van der Waals surface area contributed by atoms with Crippen LogP contribution >= 0.6 is 0 Å². The molecule has 0 bridgehead atoms. The molecule has 0 aliphatic carbocycles. The SMILES string of the molecule is CC#CCOc1cc(F)[c]c(F)c1. The van der Waals surface area contributed by atoms with E-state index < -0.39 is 11.6 Å². The molecule has 0 amide bonds. The van der Waals surface area contributed by atoms with E-state index in [9.17, 15) is 8.78 Å². The lowest BCUT2D eigenvalue weighted by molar-refractivity contribution is 0.364. The predicted molar refractivity (Wildman–Crippen MR) is 44.1 cm³/mol. The summed E-state index contributed by atoms with van der Waals surface area (Å²) in [6, 6.07) is 3.96. The number of halogens is 2. The third-order valence-corrected chi connectivity index (χ3v) is 1.26. The van der Waals surface area contributed by atoms with Crippen molar-refractivity contribution in [3.05, 3.63) is 29.8 Å². The van der Waals surface area contributed by atoms with Crippen molar-refractivity contribution in [2.75, 3.05) is 6.61 Å². The van der Waals surface area contributed by atoms with Gasteiger partial charge in [-0.3, -0.25) is 0 Å². The summed E-state index contributed by atoms with van der Waals surface area (Å²) >= 11 is 0. The standard InChI is InChI=1S/C10H7F2O/c1-2-3-4-13-10-6-8(11)5-9(12)7-10/h6-7H,4H2,1H3. The molecule has 0 saturated carbocycles. The van der Waals surface area contributed by atoms with E-state index in [4.69, 9.17) is 4.74 Å². The number of hydrogen-bond donors (Lipinski definition) is 0. The molecular formula is C10H7F2O. The lowest BCUT2D eigenvalue weighted by Gasteiger charge is -2.01. The highest BCUT2D eigenvalue weighted by Gasteiger charge is 2.00. The molecule has 1 aromatic rings. The molecule has 1 aromatic carbocycles. The van der Waals surface area contributed by atoms with Gasteiger partial charge in [0, 0.05) is 12.1 Å².